The van der Waals surface area contributed by atoms with Crippen LogP contribution >= 0.6 is 0 Å². The van der Waals surface area contributed by atoms with Gasteiger partial charge in [-0.3, -0.25) is 0 Å². The van der Waals surface area contributed by atoms with E-state index in [2.05, 4.69) is 18.7 Å². The Morgan fingerprint density at radius 2 is 1.29 bits per heavy atom. The van der Waals surface area contributed by atoms with E-state index in [1.54, 1.807) is 48.5 Å². The van der Waals surface area contributed by atoms with Gasteiger partial charge in [0.25, 0.3) is 0 Å². The van der Waals surface area contributed by atoms with Gasteiger partial charge in [-0.25, -0.2) is 8.42 Å². The lowest BCUT2D eigenvalue weighted by Crippen LogP contribution is -2.28. The van der Waals surface area contributed by atoms with E-state index in [0.717, 1.165) is 26.1 Å². The maximum atomic E-state index is 12.6. The fraction of sp³-hybridized carbons (Fsp3) is 0.478. The minimum absolute atomic E-state index is 0.288. The predicted molar refractivity (Wildman–Crippen MR) is 115 cm³/mol. The van der Waals surface area contributed by atoms with Crippen LogP contribution in [0.15, 0.2) is 64.4 Å². The molecule has 0 radical (unpaired) electrons. The average Bonchev–Trinajstić information content (AvgIpc) is 2.73. The lowest BCUT2D eigenvalue weighted by atomic mass is 10.2. The molecule has 0 spiro atoms. The van der Waals surface area contributed by atoms with E-state index in [0.29, 0.717) is 17.3 Å². The molecule has 154 valence electrons. The van der Waals surface area contributed by atoms with Crippen LogP contribution in [0.2, 0.25) is 0 Å². The van der Waals surface area contributed by atoms with Crippen molar-refractivity contribution in [2.75, 3.05) is 26.2 Å². The summed E-state index contributed by atoms with van der Waals surface area (Å²) in [5.41, 5.74) is 0. The second kappa shape index (κ2) is 11.9. The maximum Gasteiger partial charge on any atom is 0.206 e. The Morgan fingerprint density at radius 1 is 0.750 bits per heavy atom. The van der Waals surface area contributed by atoms with Gasteiger partial charge in [-0.2, -0.15) is 0 Å². The molecule has 0 fully saturated rings. The molecular weight excluding hydrogens is 370 g/mol. The third-order valence-electron chi connectivity index (χ3n) is 4.73. The van der Waals surface area contributed by atoms with Crippen molar-refractivity contribution in [1.82, 2.24) is 4.90 Å². The lowest BCUT2D eigenvalue weighted by Gasteiger charge is -2.21. The lowest BCUT2D eigenvalue weighted by molar-refractivity contribution is 0.229. The highest BCUT2D eigenvalue weighted by Gasteiger charge is 2.16. The molecule has 0 saturated heterocycles. The van der Waals surface area contributed by atoms with E-state index in [1.165, 1.54) is 25.7 Å². The minimum atomic E-state index is -3.47. The molecule has 0 unspecified atom stereocenters. The zero-order valence-corrected chi connectivity index (χ0v) is 18.0. The molecule has 0 aliphatic rings. The van der Waals surface area contributed by atoms with Crippen molar-refractivity contribution >= 4 is 9.84 Å². The van der Waals surface area contributed by atoms with Crippen molar-refractivity contribution in [3.05, 3.63) is 54.6 Å². The fourth-order valence-corrected chi connectivity index (χ4v) is 4.31. The van der Waals surface area contributed by atoms with Crippen LogP contribution in [-0.4, -0.2) is 39.6 Å². The SMILES string of the molecule is CCCCN(CCCC)CCCOc1ccc(S(=O)(=O)c2ccccc2)cc1. The Labute approximate surface area is 170 Å². The Hall–Kier alpha value is -1.85. The third-order valence-corrected chi connectivity index (χ3v) is 6.52. The highest BCUT2D eigenvalue weighted by Crippen LogP contribution is 2.22. The van der Waals surface area contributed by atoms with Crippen LogP contribution in [0.4, 0.5) is 0 Å². The van der Waals surface area contributed by atoms with Gasteiger partial charge in [0.15, 0.2) is 0 Å². The molecular formula is C23H33NO3S. The Balaban J connectivity index is 1.84. The highest BCUT2D eigenvalue weighted by molar-refractivity contribution is 7.91. The van der Waals surface area contributed by atoms with Crippen LogP contribution in [0.3, 0.4) is 0 Å². The van der Waals surface area contributed by atoms with Gasteiger partial charge in [0.1, 0.15) is 5.75 Å². The van der Waals surface area contributed by atoms with Crippen LogP contribution in [0, 0.1) is 0 Å². The van der Waals surface area contributed by atoms with Crippen LogP contribution in [0.5, 0.6) is 5.75 Å². The molecule has 2 rings (SSSR count). The second-order valence-corrected chi connectivity index (χ2v) is 8.99. The highest BCUT2D eigenvalue weighted by atomic mass is 32.2. The molecule has 0 aliphatic heterocycles. The molecule has 0 amide bonds. The zero-order valence-electron chi connectivity index (χ0n) is 17.1. The molecule has 0 saturated carbocycles. The van der Waals surface area contributed by atoms with Crippen molar-refractivity contribution < 1.29 is 13.2 Å². The van der Waals surface area contributed by atoms with Gasteiger partial charge >= 0.3 is 0 Å². The summed E-state index contributed by atoms with van der Waals surface area (Å²) in [4.78, 5) is 3.12. The number of unbranched alkanes of at least 4 members (excludes halogenated alkanes) is 2. The summed E-state index contributed by atoms with van der Waals surface area (Å²) in [5.74, 6) is 0.709. The number of hydrogen-bond donors (Lipinski definition) is 0. The molecule has 28 heavy (non-hydrogen) atoms. The molecule has 0 bridgehead atoms. The molecule has 0 atom stereocenters. The fourth-order valence-electron chi connectivity index (χ4n) is 3.03. The van der Waals surface area contributed by atoms with Crippen LogP contribution in [-0.2, 0) is 9.84 Å². The minimum Gasteiger partial charge on any atom is -0.494 e. The first-order valence-electron chi connectivity index (χ1n) is 10.3. The molecule has 0 aliphatic carbocycles. The zero-order chi connectivity index (χ0) is 20.2. The summed E-state index contributed by atoms with van der Waals surface area (Å²) >= 11 is 0. The molecule has 2 aromatic rings. The van der Waals surface area contributed by atoms with Crippen molar-refractivity contribution in [2.45, 2.75) is 55.7 Å². The van der Waals surface area contributed by atoms with E-state index in [1.807, 2.05) is 6.07 Å². The van der Waals surface area contributed by atoms with Gasteiger partial charge in [-0.15, -0.1) is 0 Å². The number of benzene rings is 2. The second-order valence-electron chi connectivity index (χ2n) is 7.04. The van der Waals surface area contributed by atoms with Gasteiger partial charge in [-0.1, -0.05) is 44.9 Å². The van der Waals surface area contributed by atoms with Gasteiger partial charge < -0.3 is 9.64 Å². The number of nitrogens with zero attached hydrogens (tertiary/aromatic N) is 1. The summed E-state index contributed by atoms with van der Waals surface area (Å²) in [6, 6.07) is 15.2. The first-order chi connectivity index (χ1) is 13.6. The Bertz CT molecular complexity index is 765. The third kappa shape index (κ3) is 6.95. The molecule has 0 N–H and O–H groups in total. The standard InChI is InChI=1S/C23H33NO3S/c1-3-5-17-24(18-6-4-2)19-10-20-27-21-13-15-23(16-14-21)28(25,26)22-11-8-7-9-12-22/h7-9,11-16H,3-6,10,17-20H2,1-2H3. The van der Waals surface area contributed by atoms with Gasteiger partial charge in [0, 0.05) is 6.54 Å². The van der Waals surface area contributed by atoms with E-state index in [9.17, 15) is 8.42 Å². The molecule has 2 aromatic carbocycles. The summed E-state index contributed by atoms with van der Waals surface area (Å²) in [7, 11) is -3.47. The first-order valence-corrected chi connectivity index (χ1v) is 11.8. The van der Waals surface area contributed by atoms with Gasteiger partial charge in [-0.05, 0) is 68.8 Å². The number of ether oxygens (including phenoxy) is 1. The Morgan fingerprint density at radius 3 is 1.86 bits per heavy atom. The normalized spacial score (nSPS) is 11.7. The van der Waals surface area contributed by atoms with Crippen LogP contribution < -0.4 is 4.74 Å². The summed E-state index contributed by atoms with van der Waals surface area (Å²) in [6.45, 7) is 8.44. The summed E-state index contributed by atoms with van der Waals surface area (Å²) in [5, 5.41) is 0. The molecule has 0 aromatic heterocycles. The topological polar surface area (TPSA) is 46.6 Å². The maximum absolute atomic E-state index is 12.6. The first kappa shape index (κ1) is 22.4. The van der Waals surface area contributed by atoms with E-state index in [-0.39, 0.29) is 4.90 Å². The number of rotatable bonds is 13. The molecule has 5 heteroatoms. The van der Waals surface area contributed by atoms with Crippen LogP contribution in [0.1, 0.15) is 46.0 Å². The van der Waals surface area contributed by atoms with E-state index < -0.39 is 9.84 Å². The van der Waals surface area contributed by atoms with Crippen molar-refractivity contribution in [3.8, 4) is 5.75 Å². The largest absolute Gasteiger partial charge is 0.494 e. The average molecular weight is 404 g/mol. The van der Waals surface area contributed by atoms with E-state index in [4.69, 9.17) is 4.74 Å². The smallest absolute Gasteiger partial charge is 0.206 e. The summed E-state index contributed by atoms with van der Waals surface area (Å²) < 4.78 is 31.0. The molecule has 0 heterocycles. The molecule has 4 nitrogen and oxygen atoms in total. The summed E-state index contributed by atoms with van der Waals surface area (Å²) in [6.07, 6.45) is 5.88. The van der Waals surface area contributed by atoms with Gasteiger partial charge in [0.2, 0.25) is 9.84 Å². The number of sulfone groups is 1. The Kier molecular flexibility index (Phi) is 9.51. The van der Waals surface area contributed by atoms with E-state index >= 15 is 0 Å². The van der Waals surface area contributed by atoms with Crippen molar-refractivity contribution in [1.29, 1.82) is 0 Å². The quantitative estimate of drug-likeness (QED) is 0.432. The predicted octanol–water partition coefficient (Wildman–Crippen LogP) is 5.19. The monoisotopic (exact) mass is 403 g/mol. The van der Waals surface area contributed by atoms with Crippen molar-refractivity contribution in [2.24, 2.45) is 0 Å². The van der Waals surface area contributed by atoms with Crippen molar-refractivity contribution in [3.63, 3.8) is 0 Å². The number of hydrogen-bond acceptors (Lipinski definition) is 4. The van der Waals surface area contributed by atoms with Crippen LogP contribution in [0.25, 0.3) is 0 Å². The van der Waals surface area contributed by atoms with Gasteiger partial charge in [0.05, 0.1) is 16.4 Å².